The van der Waals surface area contributed by atoms with Crippen LogP contribution in [0.4, 0.5) is 0 Å². The average Bonchev–Trinajstić information content (AvgIpc) is 2.95. The molecule has 23 heavy (non-hydrogen) atoms. The van der Waals surface area contributed by atoms with Crippen molar-refractivity contribution < 1.29 is 4.79 Å². The van der Waals surface area contributed by atoms with Gasteiger partial charge in [-0.3, -0.25) is 9.79 Å². The maximum Gasteiger partial charge on any atom is 0.230 e. The van der Waals surface area contributed by atoms with Crippen molar-refractivity contribution in [3.05, 3.63) is 0 Å². The van der Waals surface area contributed by atoms with Crippen molar-refractivity contribution in [2.75, 3.05) is 34.2 Å². The third-order valence-corrected chi connectivity index (χ3v) is 6.36. The molecule has 132 valence electrons. The van der Waals surface area contributed by atoms with Gasteiger partial charge in [-0.1, -0.05) is 26.7 Å². The highest BCUT2D eigenvalue weighted by Gasteiger charge is 2.54. The molecular weight excluding hydrogens is 288 g/mol. The van der Waals surface area contributed by atoms with E-state index >= 15 is 0 Å². The number of rotatable bonds is 3. The lowest BCUT2D eigenvalue weighted by atomic mass is 9.65. The Bertz CT molecular complexity index is 487. The van der Waals surface area contributed by atoms with Crippen molar-refractivity contribution in [2.24, 2.45) is 15.8 Å². The van der Waals surface area contributed by atoms with Gasteiger partial charge in [-0.2, -0.15) is 0 Å². The van der Waals surface area contributed by atoms with Crippen molar-refractivity contribution in [1.29, 1.82) is 0 Å². The van der Waals surface area contributed by atoms with E-state index in [9.17, 15) is 4.79 Å². The number of hydrogen-bond acceptors (Lipinski definition) is 2. The fourth-order valence-electron chi connectivity index (χ4n) is 3.94. The Morgan fingerprint density at radius 1 is 1.17 bits per heavy atom. The van der Waals surface area contributed by atoms with Crippen LogP contribution in [-0.4, -0.2) is 61.4 Å². The summed E-state index contributed by atoms with van der Waals surface area (Å²) in [5, 5.41) is 3.51. The van der Waals surface area contributed by atoms with Crippen LogP contribution in [0.25, 0.3) is 0 Å². The highest BCUT2D eigenvalue weighted by atomic mass is 16.2. The van der Waals surface area contributed by atoms with Crippen LogP contribution in [0.3, 0.4) is 0 Å². The van der Waals surface area contributed by atoms with E-state index in [1.165, 1.54) is 0 Å². The van der Waals surface area contributed by atoms with Crippen LogP contribution in [0, 0.1) is 10.8 Å². The summed E-state index contributed by atoms with van der Waals surface area (Å²) < 4.78 is 0. The van der Waals surface area contributed by atoms with Gasteiger partial charge >= 0.3 is 0 Å². The van der Waals surface area contributed by atoms with Gasteiger partial charge in [0.05, 0.1) is 5.41 Å². The number of likely N-dealkylation sites (tertiary alicyclic amines) is 1. The van der Waals surface area contributed by atoms with E-state index in [1.807, 2.05) is 21.1 Å². The van der Waals surface area contributed by atoms with Gasteiger partial charge in [0.25, 0.3) is 0 Å². The standard InChI is InChI=1S/C18H34N4O/c1-16(2)13-22(17(16,3)4)15(19-5)20-12-18(10-8-9-11-18)14(23)21(6)7/h8-13H2,1-7H3,(H,19,20). The molecule has 0 atom stereocenters. The van der Waals surface area contributed by atoms with E-state index < -0.39 is 0 Å². The zero-order chi connectivity index (χ0) is 17.5. The molecular formula is C18H34N4O. The summed E-state index contributed by atoms with van der Waals surface area (Å²) in [4.78, 5) is 21.2. The smallest absolute Gasteiger partial charge is 0.230 e. The van der Waals surface area contributed by atoms with Gasteiger partial charge in [0, 0.05) is 45.2 Å². The highest BCUT2D eigenvalue weighted by Crippen LogP contribution is 2.46. The van der Waals surface area contributed by atoms with E-state index in [0.717, 1.165) is 38.2 Å². The zero-order valence-corrected chi connectivity index (χ0v) is 16.0. The number of nitrogens with zero attached hydrogens (tertiary/aromatic N) is 3. The van der Waals surface area contributed by atoms with Crippen molar-refractivity contribution in [2.45, 2.75) is 58.9 Å². The molecule has 1 saturated heterocycles. The number of carbonyl (C=O) groups excluding carboxylic acids is 1. The Morgan fingerprint density at radius 3 is 2.13 bits per heavy atom. The first-order valence-electron chi connectivity index (χ1n) is 8.77. The first-order chi connectivity index (χ1) is 10.6. The fraction of sp³-hybridized carbons (Fsp3) is 0.889. The minimum Gasteiger partial charge on any atom is -0.355 e. The second kappa shape index (κ2) is 5.99. The lowest BCUT2D eigenvalue weighted by Crippen LogP contribution is -2.72. The minimum absolute atomic E-state index is 0.0727. The van der Waals surface area contributed by atoms with Gasteiger partial charge in [-0.05, 0) is 26.7 Å². The zero-order valence-electron chi connectivity index (χ0n) is 16.0. The molecule has 0 aromatic heterocycles. The molecule has 2 aliphatic rings. The minimum atomic E-state index is -0.260. The molecule has 1 aliphatic carbocycles. The molecule has 1 amide bonds. The quantitative estimate of drug-likeness (QED) is 0.641. The number of nitrogens with one attached hydrogen (secondary N) is 1. The molecule has 0 bridgehead atoms. The summed E-state index contributed by atoms with van der Waals surface area (Å²) in [7, 11) is 5.55. The summed E-state index contributed by atoms with van der Waals surface area (Å²) in [6, 6.07) is 0. The molecule has 1 heterocycles. The molecule has 0 unspecified atom stereocenters. The summed E-state index contributed by atoms with van der Waals surface area (Å²) >= 11 is 0. The van der Waals surface area contributed by atoms with Gasteiger partial charge in [-0.25, -0.2) is 0 Å². The maximum absolute atomic E-state index is 12.7. The van der Waals surface area contributed by atoms with Gasteiger partial charge in [0.15, 0.2) is 5.96 Å². The second-order valence-electron chi connectivity index (χ2n) is 8.62. The van der Waals surface area contributed by atoms with Crippen LogP contribution in [0.2, 0.25) is 0 Å². The molecule has 5 nitrogen and oxygen atoms in total. The van der Waals surface area contributed by atoms with Crippen LogP contribution in [0.15, 0.2) is 4.99 Å². The normalized spacial score (nSPS) is 25.0. The number of hydrogen-bond donors (Lipinski definition) is 1. The third kappa shape index (κ3) is 2.94. The molecule has 1 aliphatic heterocycles. The number of guanidine groups is 1. The van der Waals surface area contributed by atoms with Crippen molar-refractivity contribution >= 4 is 11.9 Å². The summed E-state index contributed by atoms with van der Waals surface area (Å²) in [6.45, 7) is 10.8. The van der Waals surface area contributed by atoms with E-state index in [-0.39, 0.29) is 22.3 Å². The molecule has 1 saturated carbocycles. The molecule has 0 radical (unpaired) electrons. The van der Waals surface area contributed by atoms with Crippen molar-refractivity contribution in [3.63, 3.8) is 0 Å². The van der Waals surface area contributed by atoms with Crippen molar-refractivity contribution in [1.82, 2.24) is 15.1 Å². The van der Waals surface area contributed by atoms with Crippen molar-refractivity contribution in [3.8, 4) is 0 Å². The van der Waals surface area contributed by atoms with Crippen LogP contribution in [0.1, 0.15) is 53.4 Å². The first kappa shape index (κ1) is 18.1. The lowest BCUT2D eigenvalue weighted by molar-refractivity contribution is -0.139. The van der Waals surface area contributed by atoms with E-state index in [1.54, 1.807) is 4.90 Å². The number of amides is 1. The molecule has 2 fully saturated rings. The van der Waals surface area contributed by atoms with Crippen LogP contribution >= 0.6 is 0 Å². The van der Waals surface area contributed by atoms with Crippen LogP contribution in [-0.2, 0) is 4.79 Å². The predicted molar refractivity (Wildman–Crippen MR) is 95.5 cm³/mol. The molecule has 0 spiro atoms. The van der Waals surface area contributed by atoms with Crippen LogP contribution in [0.5, 0.6) is 0 Å². The largest absolute Gasteiger partial charge is 0.355 e. The van der Waals surface area contributed by atoms with Gasteiger partial charge < -0.3 is 15.1 Å². The van der Waals surface area contributed by atoms with Crippen LogP contribution < -0.4 is 5.32 Å². The predicted octanol–water partition coefficient (Wildman–Crippen LogP) is 2.33. The molecule has 0 aromatic rings. The Morgan fingerprint density at radius 2 is 1.74 bits per heavy atom. The topological polar surface area (TPSA) is 47.9 Å². The molecule has 1 N–H and O–H groups in total. The second-order valence-corrected chi connectivity index (χ2v) is 8.62. The third-order valence-electron chi connectivity index (χ3n) is 6.36. The van der Waals surface area contributed by atoms with Gasteiger partial charge in [-0.15, -0.1) is 0 Å². The van der Waals surface area contributed by atoms with E-state index in [2.05, 4.69) is 42.9 Å². The Labute approximate surface area is 141 Å². The highest BCUT2D eigenvalue weighted by molar-refractivity contribution is 5.85. The average molecular weight is 322 g/mol. The lowest BCUT2D eigenvalue weighted by Gasteiger charge is -2.62. The summed E-state index contributed by atoms with van der Waals surface area (Å²) in [5.74, 6) is 1.17. The summed E-state index contributed by atoms with van der Waals surface area (Å²) in [6.07, 6.45) is 4.23. The number of carbonyl (C=O) groups is 1. The Hall–Kier alpha value is -1.26. The first-order valence-corrected chi connectivity index (χ1v) is 8.77. The molecule has 2 rings (SSSR count). The Kier molecular flexibility index (Phi) is 4.71. The van der Waals surface area contributed by atoms with Gasteiger partial charge in [0.2, 0.25) is 5.91 Å². The van der Waals surface area contributed by atoms with Gasteiger partial charge in [0.1, 0.15) is 0 Å². The van der Waals surface area contributed by atoms with E-state index in [0.29, 0.717) is 6.54 Å². The number of aliphatic imine (C=N–C) groups is 1. The SMILES string of the molecule is CN=C(NCC1(C(=O)N(C)C)CCCC1)N1CC(C)(C)C1(C)C. The monoisotopic (exact) mass is 322 g/mol. The molecule has 5 heteroatoms. The fourth-order valence-corrected chi connectivity index (χ4v) is 3.94. The molecule has 0 aromatic carbocycles. The Balaban J connectivity index is 2.07. The summed E-state index contributed by atoms with van der Waals surface area (Å²) in [5.41, 5.74) is 0.0856. The maximum atomic E-state index is 12.7. The van der Waals surface area contributed by atoms with E-state index in [4.69, 9.17) is 0 Å².